The van der Waals surface area contributed by atoms with Crippen molar-refractivity contribution in [3.63, 3.8) is 0 Å². The minimum absolute atomic E-state index is 0.0610. The lowest BCUT2D eigenvalue weighted by Crippen LogP contribution is -1.94. The van der Waals surface area contributed by atoms with Gasteiger partial charge in [0.2, 0.25) is 0 Å². The van der Waals surface area contributed by atoms with Gasteiger partial charge in [-0.25, -0.2) is 4.39 Å². The standard InChI is InChI=1S/C9H10ClFO/c1-5-3-7(6(2)12)4-8(10)9(5)11/h3-4,6,12H,1-2H3. The van der Waals surface area contributed by atoms with Gasteiger partial charge in [-0.15, -0.1) is 0 Å². The summed E-state index contributed by atoms with van der Waals surface area (Å²) in [6.45, 7) is 3.23. The van der Waals surface area contributed by atoms with Gasteiger partial charge in [0.1, 0.15) is 5.82 Å². The highest BCUT2D eigenvalue weighted by atomic mass is 35.5. The molecule has 1 aromatic carbocycles. The van der Waals surface area contributed by atoms with Crippen molar-refractivity contribution >= 4 is 11.6 Å². The van der Waals surface area contributed by atoms with Gasteiger partial charge in [-0.3, -0.25) is 0 Å². The third-order valence-electron chi connectivity index (χ3n) is 1.71. The smallest absolute Gasteiger partial charge is 0.144 e. The Hall–Kier alpha value is -0.600. The maximum atomic E-state index is 13.0. The van der Waals surface area contributed by atoms with E-state index < -0.39 is 11.9 Å². The zero-order chi connectivity index (χ0) is 9.30. The molecule has 0 aliphatic heterocycles. The van der Waals surface area contributed by atoms with Gasteiger partial charge in [-0.1, -0.05) is 17.7 Å². The van der Waals surface area contributed by atoms with E-state index >= 15 is 0 Å². The molecule has 0 spiro atoms. The van der Waals surface area contributed by atoms with Crippen molar-refractivity contribution in [2.24, 2.45) is 0 Å². The van der Waals surface area contributed by atoms with Gasteiger partial charge in [0, 0.05) is 0 Å². The molecule has 0 fully saturated rings. The second-order valence-corrected chi connectivity index (χ2v) is 3.22. The van der Waals surface area contributed by atoms with Gasteiger partial charge in [-0.05, 0) is 31.0 Å². The van der Waals surface area contributed by atoms with Crippen LogP contribution in [0.4, 0.5) is 4.39 Å². The molecule has 66 valence electrons. The summed E-state index contributed by atoms with van der Waals surface area (Å²) >= 11 is 5.58. The fourth-order valence-electron chi connectivity index (χ4n) is 0.994. The van der Waals surface area contributed by atoms with E-state index in [0.717, 1.165) is 0 Å². The normalized spacial score (nSPS) is 13.1. The molecule has 1 aromatic rings. The molecular weight excluding hydrogens is 179 g/mol. The summed E-state index contributed by atoms with van der Waals surface area (Å²) in [5.41, 5.74) is 1.09. The average molecular weight is 189 g/mol. The molecule has 0 heterocycles. The van der Waals surface area contributed by atoms with Crippen LogP contribution in [0.5, 0.6) is 0 Å². The van der Waals surface area contributed by atoms with Crippen molar-refractivity contribution in [3.05, 3.63) is 34.1 Å². The van der Waals surface area contributed by atoms with E-state index in [-0.39, 0.29) is 5.02 Å². The van der Waals surface area contributed by atoms with E-state index in [0.29, 0.717) is 11.1 Å². The van der Waals surface area contributed by atoms with E-state index in [1.165, 1.54) is 6.07 Å². The summed E-state index contributed by atoms with van der Waals surface area (Å²) in [7, 11) is 0. The minimum Gasteiger partial charge on any atom is -0.389 e. The molecule has 0 saturated heterocycles. The molecular formula is C9H10ClFO. The van der Waals surface area contributed by atoms with Crippen LogP contribution >= 0.6 is 11.6 Å². The number of aliphatic hydroxyl groups excluding tert-OH is 1. The lowest BCUT2D eigenvalue weighted by Gasteiger charge is -2.07. The molecule has 1 rings (SSSR count). The Morgan fingerprint density at radius 1 is 1.50 bits per heavy atom. The Morgan fingerprint density at radius 3 is 2.50 bits per heavy atom. The Labute approximate surface area is 75.8 Å². The Morgan fingerprint density at radius 2 is 2.08 bits per heavy atom. The van der Waals surface area contributed by atoms with Crippen LogP contribution in [0.15, 0.2) is 12.1 Å². The molecule has 0 saturated carbocycles. The van der Waals surface area contributed by atoms with Gasteiger partial charge in [0.25, 0.3) is 0 Å². The number of benzene rings is 1. The second kappa shape index (κ2) is 3.42. The van der Waals surface area contributed by atoms with Crippen LogP contribution in [-0.2, 0) is 0 Å². The molecule has 0 aromatic heterocycles. The number of hydrogen-bond acceptors (Lipinski definition) is 1. The molecule has 0 aliphatic carbocycles. The molecule has 1 atom stereocenters. The first kappa shape index (κ1) is 9.49. The van der Waals surface area contributed by atoms with Gasteiger partial charge in [0.05, 0.1) is 11.1 Å². The predicted molar refractivity (Wildman–Crippen MR) is 46.8 cm³/mol. The van der Waals surface area contributed by atoms with Gasteiger partial charge in [0.15, 0.2) is 0 Å². The summed E-state index contributed by atoms with van der Waals surface area (Å²) in [4.78, 5) is 0. The van der Waals surface area contributed by atoms with Crippen molar-refractivity contribution in [2.45, 2.75) is 20.0 Å². The molecule has 0 bridgehead atoms. The summed E-state index contributed by atoms with van der Waals surface area (Å²) in [6.07, 6.45) is -0.609. The van der Waals surface area contributed by atoms with Gasteiger partial charge in [-0.2, -0.15) is 0 Å². The van der Waals surface area contributed by atoms with Crippen LogP contribution in [-0.4, -0.2) is 5.11 Å². The number of rotatable bonds is 1. The Balaban J connectivity index is 3.21. The highest BCUT2D eigenvalue weighted by molar-refractivity contribution is 6.30. The monoisotopic (exact) mass is 188 g/mol. The highest BCUT2D eigenvalue weighted by Gasteiger charge is 2.08. The van der Waals surface area contributed by atoms with Crippen LogP contribution in [0.25, 0.3) is 0 Å². The van der Waals surface area contributed by atoms with Crippen molar-refractivity contribution in [1.29, 1.82) is 0 Å². The third kappa shape index (κ3) is 1.76. The van der Waals surface area contributed by atoms with Crippen LogP contribution < -0.4 is 0 Å². The second-order valence-electron chi connectivity index (χ2n) is 2.81. The number of hydrogen-bond donors (Lipinski definition) is 1. The lowest BCUT2D eigenvalue weighted by atomic mass is 10.1. The highest BCUT2D eigenvalue weighted by Crippen LogP contribution is 2.23. The van der Waals surface area contributed by atoms with Crippen LogP contribution in [0.3, 0.4) is 0 Å². The molecule has 0 aliphatic rings. The average Bonchev–Trinajstić information content (AvgIpc) is 1.99. The summed E-state index contributed by atoms with van der Waals surface area (Å²) in [5, 5.41) is 9.24. The van der Waals surface area contributed by atoms with E-state index in [1.807, 2.05) is 0 Å². The molecule has 0 amide bonds. The molecule has 1 N–H and O–H groups in total. The van der Waals surface area contributed by atoms with Crippen molar-refractivity contribution in [2.75, 3.05) is 0 Å². The van der Waals surface area contributed by atoms with Crippen LogP contribution in [0.1, 0.15) is 24.2 Å². The first-order chi connectivity index (χ1) is 5.52. The number of halogens is 2. The fourth-order valence-corrected chi connectivity index (χ4v) is 1.27. The maximum Gasteiger partial charge on any atom is 0.144 e. The van der Waals surface area contributed by atoms with E-state index in [1.54, 1.807) is 19.9 Å². The predicted octanol–water partition coefficient (Wildman–Crippen LogP) is 2.84. The first-order valence-electron chi connectivity index (χ1n) is 3.66. The summed E-state index contributed by atoms with van der Waals surface area (Å²) < 4.78 is 13.0. The topological polar surface area (TPSA) is 20.2 Å². The van der Waals surface area contributed by atoms with Crippen molar-refractivity contribution in [1.82, 2.24) is 0 Å². The van der Waals surface area contributed by atoms with E-state index in [2.05, 4.69) is 0 Å². The fraction of sp³-hybridized carbons (Fsp3) is 0.333. The van der Waals surface area contributed by atoms with E-state index in [9.17, 15) is 9.50 Å². The quantitative estimate of drug-likeness (QED) is 0.719. The molecule has 0 radical (unpaired) electrons. The van der Waals surface area contributed by atoms with Crippen molar-refractivity contribution < 1.29 is 9.50 Å². The Kier molecular flexibility index (Phi) is 2.70. The summed E-state index contributed by atoms with van der Waals surface area (Å²) in [5.74, 6) is -0.416. The molecule has 1 nitrogen and oxygen atoms in total. The van der Waals surface area contributed by atoms with E-state index in [4.69, 9.17) is 11.6 Å². The molecule has 3 heteroatoms. The van der Waals surface area contributed by atoms with Crippen LogP contribution in [0, 0.1) is 12.7 Å². The molecule has 12 heavy (non-hydrogen) atoms. The lowest BCUT2D eigenvalue weighted by molar-refractivity contribution is 0.199. The maximum absolute atomic E-state index is 13.0. The summed E-state index contributed by atoms with van der Waals surface area (Å²) in [6, 6.07) is 3.03. The van der Waals surface area contributed by atoms with Gasteiger partial charge >= 0.3 is 0 Å². The van der Waals surface area contributed by atoms with Crippen molar-refractivity contribution in [3.8, 4) is 0 Å². The molecule has 1 unspecified atom stereocenters. The minimum atomic E-state index is -0.609. The zero-order valence-corrected chi connectivity index (χ0v) is 7.69. The zero-order valence-electron chi connectivity index (χ0n) is 6.94. The number of aliphatic hydroxyl groups is 1. The Bertz CT molecular complexity index is 274. The SMILES string of the molecule is Cc1cc(C(C)O)cc(Cl)c1F. The largest absolute Gasteiger partial charge is 0.389 e. The first-order valence-corrected chi connectivity index (χ1v) is 4.03. The third-order valence-corrected chi connectivity index (χ3v) is 1.99. The number of aryl methyl sites for hydroxylation is 1. The van der Waals surface area contributed by atoms with Gasteiger partial charge < -0.3 is 5.11 Å². The van der Waals surface area contributed by atoms with Crippen LogP contribution in [0.2, 0.25) is 5.02 Å².